The van der Waals surface area contributed by atoms with E-state index in [1.807, 2.05) is 12.3 Å². The van der Waals surface area contributed by atoms with Crippen LogP contribution in [0.5, 0.6) is 11.5 Å². The average molecular weight is 521 g/mol. The second-order valence-corrected chi connectivity index (χ2v) is 9.08. The lowest BCUT2D eigenvalue weighted by Gasteiger charge is -2.29. The van der Waals surface area contributed by atoms with Crippen LogP contribution in [0.2, 0.25) is 0 Å². The lowest BCUT2D eigenvalue weighted by Crippen LogP contribution is -2.31. The maximum atomic E-state index is 9.10. The first-order valence-corrected chi connectivity index (χ1v) is 12.4. The molecule has 3 heterocycles. The summed E-state index contributed by atoms with van der Waals surface area (Å²) in [7, 11) is 3.40. The van der Waals surface area contributed by atoms with Crippen LogP contribution in [0.25, 0.3) is 22.0 Å². The SMILES string of the molecule is COc1cc2c(cc1OC)CN(CCCCn1cc(-c3ccoc3)c3ccccc31)CC2.O=C(O)C(=O)O. The smallest absolute Gasteiger partial charge is 0.414 e. The summed E-state index contributed by atoms with van der Waals surface area (Å²) in [5.74, 6) is -2.00. The number of hydrogen-bond acceptors (Lipinski definition) is 6. The number of nitrogens with zero attached hydrogens (tertiary/aromatic N) is 2. The number of aliphatic carboxylic acids is 2. The molecule has 0 amide bonds. The van der Waals surface area contributed by atoms with Crippen molar-refractivity contribution in [2.75, 3.05) is 27.3 Å². The van der Waals surface area contributed by atoms with Gasteiger partial charge in [-0.05, 0) is 61.2 Å². The van der Waals surface area contributed by atoms with Gasteiger partial charge in [-0.1, -0.05) is 18.2 Å². The summed E-state index contributed by atoms with van der Waals surface area (Å²) in [6, 6.07) is 14.9. The van der Waals surface area contributed by atoms with Gasteiger partial charge in [-0.25, -0.2) is 9.59 Å². The molecular formula is C29H32N2O7. The van der Waals surface area contributed by atoms with Crippen molar-refractivity contribution in [3.05, 3.63) is 72.3 Å². The third-order valence-electron chi connectivity index (χ3n) is 6.72. The van der Waals surface area contributed by atoms with Gasteiger partial charge in [0.2, 0.25) is 0 Å². The predicted molar refractivity (Wildman–Crippen MR) is 143 cm³/mol. The number of aromatic nitrogens is 1. The van der Waals surface area contributed by atoms with Gasteiger partial charge in [-0.2, -0.15) is 0 Å². The van der Waals surface area contributed by atoms with Gasteiger partial charge < -0.3 is 28.7 Å². The summed E-state index contributed by atoms with van der Waals surface area (Å²) in [4.78, 5) is 20.8. The fourth-order valence-electron chi connectivity index (χ4n) is 4.83. The van der Waals surface area contributed by atoms with Crippen molar-refractivity contribution >= 4 is 22.8 Å². The first-order chi connectivity index (χ1) is 18.4. The molecular weight excluding hydrogens is 488 g/mol. The van der Waals surface area contributed by atoms with Gasteiger partial charge in [0, 0.05) is 47.9 Å². The van der Waals surface area contributed by atoms with Crippen LogP contribution < -0.4 is 9.47 Å². The molecule has 0 saturated heterocycles. The molecule has 9 heteroatoms. The number of unbranched alkanes of at least 4 members (excludes halogenated alkanes) is 1. The van der Waals surface area contributed by atoms with E-state index >= 15 is 0 Å². The molecule has 0 bridgehead atoms. The van der Waals surface area contributed by atoms with Crippen LogP contribution in [0.15, 0.2) is 65.6 Å². The highest BCUT2D eigenvalue weighted by Gasteiger charge is 2.19. The van der Waals surface area contributed by atoms with Gasteiger partial charge in [0.1, 0.15) is 0 Å². The monoisotopic (exact) mass is 520 g/mol. The molecule has 0 aliphatic carbocycles. The highest BCUT2D eigenvalue weighted by atomic mass is 16.5. The van der Waals surface area contributed by atoms with E-state index in [4.69, 9.17) is 33.7 Å². The lowest BCUT2D eigenvalue weighted by atomic mass is 9.98. The number of furan rings is 1. The van der Waals surface area contributed by atoms with Crippen molar-refractivity contribution in [2.24, 2.45) is 0 Å². The topological polar surface area (TPSA) is 114 Å². The maximum absolute atomic E-state index is 9.10. The Bertz CT molecular complexity index is 1380. The Morgan fingerprint density at radius 3 is 2.29 bits per heavy atom. The van der Waals surface area contributed by atoms with Crippen LogP contribution in [0, 0.1) is 0 Å². The molecule has 2 aromatic carbocycles. The van der Waals surface area contributed by atoms with Gasteiger partial charge in [0.15, 0.2) is 11.5 Å². The Labute approximate surface area is 220 Å². The van der Waals surface area contributed by atoms with E-state index in [-0.39, 0.29) is 0 Å². The molecule has 0 saturated carbocycles. The summed E-state index contributed by atoms with van der Waals surface area (Å²) in [6.45, 7) is 4.21. The largest absolute Gasteiger partial charge is 0.493 e. The Hall–Kier alpha value is -4.24. The lowest BCUT2D eigenvalue weighted by molar-refractivity contribution is -0.159. The first-order valence-electron chi connectivity index (χ1n) is 12.4. The average Bonchev–Trinajstić information content (AvgIpc) is 3.59. The molecule has 2 N–H and O–H groups in total. The van der Waals surface area contributed by atoms with Gasteiger partial charge in [0.05, 0.1) is 26.7 Å². The van der Waals surface area contributed by atoms with E-state index in [1.54, 1.807) is 20.5 Å². The molecule has 0 fully saturated rings. The number of fused-ring (bicyclic) bond motifs is 2. The normalized spacial score (nSPS) is 12.9. The Morgan fingerprint density at radius 1 is 0.947 bits per heavy atom. The van der Waals surface area contributed by atoms with Gasteiger partial charge in [-0.3, -0.25) is 4.90 Å². The molecule has 38 heavy (non-hydrogen) atoms. The molecule has 200 valence electrons. The third kappa shape index (κ3) is 6.18. The van der Waals surface area contributed by atoms with Crippen LogP contribution in [-0.2, 0) is 29.1 Å². The van der Waals surface area contributed by atoms with Crippen molar-refractivity contribution in [3.63, 3.8) is 0 Å². The van der Waals surface area contributed by atoms with Crippen LogP contribution in [0.3, 0.4) is 0 Å². The molecule has 0 spiro atoms. The number of carboxylic acids is 2. The molecule has 4 aromatic rings. The standard InChI is InChI=1S/C27H30N2O3.C2H2O4/c1-30-26-15-20-9-13-28(17-22(20)16-27(26)31-2)11-5-6-12-29-18-24(21-10-14-32-19-21)23-7-3-4-8-25(23)29;3-1(4)2(5)6/h3-4,7-8,10,14-16,18-19H,5-6,9,11-13,17H2,1-2H3;(H,3,4)(H,5,6). The minimum atomic E-state index is -1.82. The minimum absolute atomic E-state index is 0.820. The summed E-state index contributed by atoms with van der Waals surface area (Å²) >= 11 is 0. The first kappa shape index (κ1) is 26.8. The number of carbonyl (C=O) groups is 2. The summed E-state index contributed by atoms with van der Waals surface area (Å²) in [6.07, 6.45) is 9.22. The fraction of sp³-hybridized carbons (Fsp3) is 0.310. The van der Waals surface area contributed by atoms with Crippen molar-refractivity contribution in [1.82, 2.24) is 9.47 Å². The highest BCUT2D eigenvalue weighted by Crippen LogP contribution is 2.34. The summed E-state index contributed by atoms with van der Waals surface area (Å²) < 4.78 is 18.7. The van der Waals surface area contributed by atoms with Gasteiger partial charge in [0.25, 0.3) is 0 Å². The molecule has 9 nitrogen and oxygen atoms in total. The molecule has 1 aliphatic rings. The van der Waals surface area contributed by atoms with E-state index in [2.05, 4.69) is 52.1 Å². The third-order valence-corrected chi connectivity index (χ3v) is 6.72. The van der Waals surface area contributed by atoms with Crippen molar-refractivity contribution in [2.45, 2.75) is 32.4 Å². The van der Waals surface area contributed by atoms with Crippen LogP contribution in [0.4, 0.5) is 0 Å². The van der Waals surface area contributed by atoms with Crippen molar-refractivity contribution < 1.29 is 33.7 Å². The van der Waals surface area contributed by atoms with E-state index in [9.17, 15) is 0 Å². The number of para-hydroxylation sites is 1. The quantitative estimate of drug-likeness (QED) is 0.249. The van der Waals surface area contributed by atoms with Gasteiger partial charge in [-0.15, -0.1) is 0 Å². The second kappa shape index (κ2) is 12.3. The van der Waals surface area contributed by atoms with E-state index < -0.39 is 11.9 Å². The number of methoxy groups -OCH3 is 2. The predicted octanol–water partition coefficient (Wildman–Crippen LogP) is 4.91. The highest BCUT2D eigenvalue weighted by molar-refractivity contribution is 6.27. The number of aryl methyl sites for hydroxylation is 1. The number of rotatable bonds is 8. The minimum Gasteiger partial charge on any atom is -0.493 e. The molecule has 1 aliphatic heterocycles. The Balaban J connectivity index is 0.000000505. The van der Waals surface area contributed by atoms with E-state index in [1.165, 1.54) is 34.0 Å². The number of hydrogen-bond donors (Lipinski definition) is 2. The van der Waals surface area contributed by atoms with E-state index in [0.717, 1.165) is 56.1 Å². The zero-order valence-corrected chi connectivity index (χ0v) is 21.6. The maximum Gasteiger partial charge on any atom is 0.414 e. The Kier molecular flexibility index (Phi) is 8.70. The molecule has 0 radical (unpaired) electrons. The van der Waals surface area contributed by atoms with Crippen LogP contribution in [0.1, 0.15) is 24.0 Å². The molecule has 0 atom stereocenters. The molecule has 5 rings (SSSR count). The number of ether oxygens (including phenoxy) is 2. The Morgan fingerprint density at radius 2 is 1.63 bits per heavy atom. The van der Waals surface area contributed by atoms with Gasteiger partial charge >= 0.3 is 11.9 Å². The van der Waals surface area contributed by atoms with Crippen molar-refractivity contribution in [1.29, 1.82) is 0 Å². The van der Waals surface area contributed by atoms with Crippen LogP contribution in [-0.4, -0.2) is 58.9 Å². The summed E-state index contributed by atoms with van der Waals surface area (Å²) in [5, 5.41) is 16.1. The summed E-state index contributed by atoms with van der Waals surface area (Å²) in [5.41, 5.74) is 6.40. The second-order valence-electron chi connectivity index (χ2n) is 9.08. The zero-order valence-electron chi connectivity index (χ0n) is 21.6. The van der Waals surface area contributed by atoms with Crippen molar-refractivity contribution in [3.8, 4) is 22.6 Å². The number of benzene rings is 2. The molecule has 2 aromatic heterocycles. The van der Waals surface area contributed by atoms with Crippen LogP contribution >= 0.6 is 0 Å². The number of carboxylic acid groups (broad SMARTS) is 2. The zero-order chi connectivity index (χ0) is 27.1. The fourth-order valence-corrected chi connectivity index (χ4v) is 4.83. The molecule has 0 unspecified atom stereocenters. The van der Waals surface area contributed by atoms with E-state index in [0.29, 0.717) is 0 Å².